The minimum Gasteiger partial charge on any atom is -0.376 e. The van der Waals surface area contributed by atoms with Crippen molar-refractivity contribution >= 4 is 17.2 Å². The molecule has 2 aromatic rings. The van der Waals surface area contributed by atoms with Crippen molar-refractivity contribution in [3.63, 3.8) is 0 Å². The van der Waals surface area contributed by atoms with E-state index in [0.717, 1.165) is 38.6 Å². The summed E-state index contributed by atoms with van der Waals surface area (Å²) in [5.41, 5.74) is 1.42. The Morgan fingerprint density at radius 3 is 3.09 bits per heavy atom. The van der Waals surface area contributed by atoms with E-state index in [4.69, 9.17) is 4.74 Å². The maximum Gasteiger partial charge on any atom is 0.125 e. The first-order valence-electron chi connectivity index (χ1n) is 8.31. The lowest BCUT2D eigenvalue weighted by Gasteiger charge is -2.20. The van der Waals surface area contributed by atoms with Crippen LogP contribution in [-0.4, -0.2) is 42.2 Å². The maximum atomic E-state index is 6.06. The molecule has 2 aromatic heterocycles. The van der Waals surface area contributed by atoms with E-state index >= 15 is 0 Å². The van der Waals surface area contributed by atoms with E-state index in [1.807, 2.05) is 35.7 Å². The number of pyridine rings is 1. The highest BCUT2D eigenvalue weighted by atomic mass is 32.1. The molecule has 2 aliphatic rings. The number of fused-ring (bicyclic) bond motifs is 1. The third-order valence-corrected chi connectivity index (χ3v) is 6.07. The lowest BCUT2D eigenvalue weighted by molar-refractivity contribution is 0.0947. The van der Waals surface area contributed by atoms with E-state index in [1.54, 1.807) is 0 Å². The number of ether oxygens (including phenoxy) is 1. The fraction of sp³-hybridized carbons (Fsp3) is 0.500. The van der Waals surface area contributed by atoms with Gasteiger partial charge in [-0.3, -0.25) is 4.90 Å². The summed E-state index contributed by atoms with van der Waals surface area (Å²) in [5.74, 6) is 2.18. The Balaban J connectivity index is 1.33. The molecule has 122 valence electrons. The number of thiophene rings is 1. The first-order chi connectivity index (χ1) is 11.3. The number of likely N-dealkylation sites (tertiary alicyclic amines) is 1. The summed E-state index contributed by atoms with van der Waals surface area (Å²) in [6.45, 7) is 7.32. The van der Waals surface area contributed by atoms with Gasteiger partial charge < -0.3 is 10.1 Å². The van der Waals surface area contributed by atoms with Crippen LogP contribution in [0.5, 0.6) is 0 Å². The van der Waals surface area contributed by atoms with Gasteiger partial charge in [-0.05, 0) is 36.1 Å². The monoisotopic (exact) mass is 329 g/mol. The molecule has 2 saturated heterocycles. The molecular formula is C18H23N3OS. The first-order valence-corrected chi connectivity index (χ1v) is 9.19. The Morgan fingerprint density at radius 2 is 2.30 bits per heavy atom. The predicted molar refractivity (Wildman–Crippen MR) is 93.8 cm³/mol. The molecule has 4 rings (SSSR count). The summed E-state index contributed by atoms with van der Waals surface area (Å²) in [6, 6.07) is 8.20. The largest absolute Gasteiger partial charge is 0.376 e. The Hall–Kier alpha value is -1.43. The average Bonchev–Trinajstić information content (AvgIpc) is 3.24. The van der Waals surface area contributed by atoms with Crippen LogP contribution < -0.4 is 5.32 Å². The van der Waals surface area contributed by atoms with Gasteiger partial charge in [-0.2, -0.15) is 0 Å². The van der Waals surface area contributed by atoms with E-state index < -0.39 is 0 Å². The third kappa shape index (κ3) is 3.27. The van der Waals surface area contributed by atoms with Crippen molar-refractivity contribution in [1.82, 2.24) is 9.88 Å². The Bertz CT molecular complexity index is 645. The van der Waals surface area contributed by atoms with Crippen LogP contribution in [0.4, 0.5) is 5.82 Å². The van der Waals surface area contributed by atoms with Crippen LogP contribution in [0.25, 0.3) is 0 Å². The molecule has 2 aliphatic heterocycles. The van der Waals surface area contributed by atoms with Gasteiger partial charge in [0.05, 0.1) is 12.7 Å². The third-order valence-electron chi connectivity index (χ3n) is 5.06. The summed E-state index contributed by atoms with van der Waals surface area (Å²) in [5, 5.41) is 5.65. The zero-order valence-electron chi connectivity index (χ0n) is 13.4. The standard InChI is InChI=1S/C18H23N3OS/c1-13-5-7-23-17(13)11-21-9-15-14(12-22-16(15)10-21)8-20-18-4-2-3-6-19-18/h2-7,14-16H,8-12H2,1H3,(H,19,20)/t14-,15+,16+/m1/s1. The number of aromatic nitrogens is 1. The molecule has 0 aliphatic carbocycles. The molecule has 3 atom stereocenters. The molecule has 5 heteroatoms. The van der Waals surface area contributed by atoms with Crippen molar-refractivity contribution in [3.8, 4) is 0 Å². The Kier molecular flexibility index (Phi) is 4.33. The van der Waals surface area contributed by atoms with Gasteiger partial charge in [0, 0.05) is 49.1 Å². The van der Waals surface area contributed by atoms with Gasteiger partial charge in [-0.1, -0.05) is 6.07 Å². The molecule has 0 saturated carbocycles. The molecule has 4 heterocycles. The highest BCUT2D eigenvalue weighted by molar-refractivity contribution is 7.10. The van der Waals surface area contributed by atoms with Crippen LogP contribution in [-0.2, 0) is 11.3 Å². The number of rotatable bonds is 5. The molecule has 0 radical (unpaired) electrons. The number of aryl methyl sites for hydroxylation is 1. The highest BCUT2D eigenvalue weighted by Crippen LogP contribution is 2.35. The summed E-state index contributed by atoms with van der Waals surface area (Å²) in [4.78, 5) is 8.39. The van der Waals surface area contributed by atoms with Gasteiger partial charge in [-0.25, -0.2) is 4.98 Å². The lowest BCUT2D eigenvalue weighted by atomic mass is 9.93. The van der Waals surface area contributed by atoms with Crippen molar-refractivity contribution in [2.75, 3.05) is 31.6 Å². The van der Waals surface area contributed by atoms with Gasteiger partial charge in [0.25, 0.3) is 0 Å². The van der Waals surface area contributed by atoms with Crippen LogP contribution in [0, 0.1) is 18.8 Å². The quantitative estimate of drug-likeness (QED) is 0.915. The molecule has 0 amide bonds. The van der Waals surface area contributed by atoms with Gasteiger partial charge >= 0.3 is 0 Å². The van der Waals surface area contributed by atoms with Crippen LogP contribution in [0.2, 0.25) is 0 Å². The molecule has 23 heavy (non-hydrogen) atoms. The smallest absolute Gasteiger partial charge is 0.125 e. The molecular weight excluding hydrogens is 306 g/mol. The van der Waals surface area contributed by atoms with E-state index in [0.29, 0.717) is 17.9 Å². The van der Waals surface area contributed by atoms with Crippen molar-refractivity contribution < 1.29 is 4.74 Å². The van der Waals surface area contributed by atoms with Crippen molar-refractivity contribution in [2.24, 2.45) is 11.8 Å². The Morgan fingerprint density at radius 1 is 1.35 bits per heavy atom. The van der Waals surface area contributed by atoms with E-state index in [-0.39, 0.29) is 0 Å². The fourth-order valence-electron chi connectivity index (χ4n) is 3.69. The molecule has 0 spiro atoms. The highest BCUT2D eigenvalue weighted by Gasteiger charge is 2.43. The number of nitrogens with zero attached hydrogens (tertiary/aromatic N) is 2. The second-order valence-electron chi connectivity index (χ2n) is 6.61. The maximum absolute atomic E-state index is 6.06. The number of hydrogen-bond acceptors (Lipinski definition) is 5. The topological polar surface area (TPSA) is 37.4 Å². The van der Waals surface area contributed by atoms with Crippen LogP contribution >= 0.6 is 11.3 Å². The zero-order valence-corrected chi connectivity index (χ0v) is 14.3. The van der Waals surface area contributed by atoms with Crippen molar-refractivity contribution in [3.05, 3.63) is 46.3 Å². The number of hydrogen-bond donors (Lipinski definition) is 1. The lowest BCUT2D eigenvalue weighted by Crippen LogP contribution is -2.27. The second-order valence-corrected chi connectivity index (χ2v) is 7.61. The SMILES string of the molecule is Cc1ccsc1CN1C[C@H]2[C@H](CNc3ccccn3)CO[C@H]2C1. The predicted octanol–water partition coefficient (Wildman–Crippen LogP) is 3.01. The van der Waals surface area contributed by atoms with Gasteiger partial charge in [0.2, 0.25) is 0 Å². The van der Waals surface area contributed by atoms with E-state index in [9.17, 15) is 0 Å². The summed E-state index contributed by atoms with van der Waals surface area (Å²) >= 11 is 1.87. The normalized spacial score (nSPS) is 27.3. The summed E-state index contributed by atoms with van der Waals surface area (Å²) < 4.78 is 6.06. The number of nitrogens with one attached hydrogen (secondary N) is 1. The van der Waals surface area contributed by atoms with Gasteiger partial charge in [-0.15, -0.1) is 11.3 Å². The van der Waals surface area contributed by atoms with Gasteiger partial charge in [0.1, 0.15) is 5.82 Å². The van der Waals surface area contributed by atoms with E-state index in [2.05, 4.69) is 33.6 Å². The van der Waals surface area contributed by atoms with Crippen LogP contribution in [0.1, 0.15) is 10.4 Å². The van der Waals surface area contributed by atoms with E-state index in [1.165, 1.54) is 10.4 Å². The molecule has 0 unspecified atom stereocenters. The molecule has 2 fully saturated rings. The van der Waals surface area contributed by atoms with Gasteiger partial charge in [0.15, 0.2) is 0 Å². The average molecular weight is 329 g/mol. The minimum absolute atomic E-state index is 0.408. The molecule has 1 N–H and O–H groups in total. The number of anilines is 1. The molecule has 4 nitrogen and oxygen atoms in total. The minimum atomic E-state index is 0.408. The second kappa shape index (κ2) is 6.59. The van der Waals surface area contributed by atoms with Crippen molar-refractivity contribution in [1.29, 1.82) is 0 Å². The van der Waals surface area contributed by atoms with Crippen molar-refractivity contribution in [2.45, 2.75) is 19.6 Å². The first kappa shape index (κ1) is 15.1. The Labute approximate surface area is 141 Å². The molecule has 0 aromatic carbocycles. The summed E-state index contributed by atoms with van der Waals surface area (Å²) in [6.07, 6.45) is 2.24. The fourth-order valence-corrected chi connectivity index (χ4v) is 4.64. The molecule has 0 bridgehead atoms. The van der Waals surface area contributed by atoms with Crippen LogP contribution in [0.3, 0.4) is 0 Å². The summed E-state index contributed by atoms with van der Waals surface area (Å²) in [7, 11) is 0. The van der Waals surface area contributed by atoms with Crippen LogP contribution in [0.15, 0.2) is 35.8 Å². The zero-order chi connectivity index (χ0) is 15.6.